The number of aryl methyl sites for hydroxylation is 1. The molecule has 0 radical (unpaired) electrons. The first-order valence-corrected chi connectivity index (χ1v) is 9.27. The molecule has 1 aliphatic rings. The minimum Gasteiger partial charge on any atom is -0.381 e. The Kier molecular flexibility index (Phi) is 6.04. The molecule has 1 saturated carbocycles. The third-order valence-electron chi connectivity index (χ3n) is 4.80. The van der Waals surface area contributed by atoms with E-state index in [2.05, 4.69) is 22.5 Å². The number of hydrogen-bond donors (Lipinski definition) is 2. The van der Waals surface area contributed by atoms with Crippen molar-refractivity contribution in [2.45, 2.75) is 58.0 Å². The van der Waals surface area contributed by atoms with E-state index in [4.69, 9.17) is 0 Å². The zero-order valence-electron chi connectivity index (χ0n) is 14.9. The predicted molar refractivity (Wildman–Crippen MR) is 102 cm³/mol. The lowest BCUT2D eigenvalue weighted by atomic mass is 10.1. The summed E-state index contributed by atoms with van der Waals surface area (Å²) in [5.74, 6) is -0.137. The predicted octanol–water partition coefficient (Wildman–Crippen LogP) is 4.45. The topological polar surface area (TPSA) is 54.0 Å². The van der Waals surface area contributed by atoms with Crippen LogP contribution in [0, 0.1) is 6.92 Å². The second kappa shape index (κ2) is 8.65. The van der Waals surface area contributed by atoms with Gasteiger partial charge in [-0.05, 0) is 37.5 Å². The first kappa shape index (κ1) is 17.5. The average Bonchev–Trinajstić information content (AvgIpc) is 2.90. The summed E-state index contributed by atoms with van der Waals surface area (Å²) in [5, 5.41) is 6.48. The highest BCUT2D eigenvalue weighted by Gasteiger charge is 2.12. The van der Waals surface area contributed by atoms with Crippen LogP contribution in [0.3, 0.4) is 0 Å². The minimum atomic E-state index is -0.137. The van der Waals surface area contributed by atoms with Crippen LogP contribution in [-0.4, -0.2) is 16.9 Å². The summed E-state index contributed by atoms with van der Waals surface area (Å²) in [5.41, 5.74) is 3.76. The van der Waals surface area contributed by atoms with Crippen molar-refractivity contribution in [3.8, 4) is 0 Å². The summed E-state index contributed by atoms with van der Waals surface area (Å²) in [7, 11) is 0. The first-order valence-electron chi connectivity index (χ1n) is 9.27. The lowest BCUT2D eigenvalue weighted by molar-refractivity contribution is 0.0946. The Morgan fingerprint density at radius 3 is 2.40 bits per heavy atom. The summed E-state index contributed by atoms with van der Waals surface area (Å²) in [6.07, 6.45) is 9.49. The van der Waals surface area contributed by atoms with Crippen molar-refractivity contribution in [1.82, 2.24) is 10.3 Å². The molecule has 1 amide bonds. The SMILES string of the molecule is Cc1ccc(CNC(=O)c2ccc(NC3CCCCCC3)cn2)cc1. The third-order valence-corrected chi connectivity index (χ3v) is 4.80. The second-order valence-corrected chi connectivity index (χ2v) is 6.93. The molecule has 0 spiro atoms. The number of amides is 1. The lowest BCUT2D eigenvalue weighted by Crippen LogP contribution is -2.24. The molecule has 1 aromatic heterocycles. The third kappa shape index (κ3) is 5.31. The van der Waals surface area contributed by atoms with Gasteiger partial charge in [0.1, 0.15) is 5.69 Å². The van der Waals surface area contributed by atoms with Gasteiger partial charge >= 0.3 is 0 Å². The van der Waals surface area contributed by atoms with E-state index in [9.17, 15) is 4.79 Å². The number of pyridine rings is 1. The first-order chi connectivity index (χ1) is 12.2. The molecule has 0 bridgehead atoms. The Morgan fingerprint density at radius 1 is 1.04 bits per heavy atom. The van der Waals surface area contributed by atoms with Crippen molar-refractivity contribution in [1.29, 1.82) is 0 Å². The average molecular weight is 337 g/mol. The maximum atomic E-state index is 12.2. The molecular weight excluding hydrogens is 310 g/mol. The monoisotopic (exact) mass is 337 g/mol. The lowest BCUT2D eigenvalue weighted by Gasteiger charge is -2.17. The van der Waals surface area contributed by atoms with Crippen LogP contribution in [0.2, 0.25) is 0 Å². The van der Waals surface area contributed by atoms with Gasteiger partial charge in [0.2, 0.25) is 0 Å². The van der Waals surface area contributed by atoms with E-state index in [1.807, 2.05) is 30.3 Å². The number of nitrogens with zero attached hydrogens (tertiary/aromatic N) is 1. The van der Waals surface area contributed by atoms with Crippen LogP contribution in [-0.2, 0) is 6.54 Å². The number of anilines is 1. The number of aromatic nitrogens is 1. The Balaban J connectivity index is 1.52. The largest absolute Gasteiger partial charge is 0.381 e. The molecule has 132 valence electrons. The van der Waals surface area contributed by atoms with E-state index in [1.54, 1.807) is 12.3 Å². The highest BCUT2D eigenvalue weighted by Crippen LogP contribution is 2.20. The fourth-order valence-corrected chi connectivity index (χ4v) is 3.25. The molecule has 25 heavy (non-hydrogen) atoms. The molecule has 1 heterocycles. The highest BCUT2D eigenvalue weighted by atomic mass is 16.1. The summed E-state index contributed by atoms with van der Waals surface area (Å²) in [6, 6.07) is 12.4. The van der Waals surface area contributed by atoms with Gasteiger partial charge in [-0.2, -0.15) is 0 Å². The number of carbonyl (C=O) groups is 1. The molecule has 0 unspecified atom stereocenters. The zero-order valence-corrected chi connectivity index (χ0v) is 14.9. The van der Waals surface area contributed by atoms with E-state index < -0.39 is 0 Å². The molecule has 4 heteroatoms. The van der Waals surface area contributed by atoms with E-state index in [0.717, 1.165) is 11.3 Å². The molecule has 0 atom stereocenters. The number of benzene rings is 1. The molecule has 0 saturated heterocycles. The van der Waals surface area contributed by atoms with Crippen LogP contribution in [0.1, 0.15) is 60.1 Å². The molecule has 2 N–H and O–H groups in total. The van der Waals surface area contributed by atoms with Crippen molar-refractivity contribution in [2.75, 3.05) is 5.32 Å². The maximum Gasteiger partial charge on any atom is 0.270 e. The molecular formula is C21H27N3O. The molecule has 1 aliphatic carbocycles. The minimum absolute atomic E-state index is 0.137. The number of carbonyl (C=O) groups excluding carboxylic acids is 1. The number of nitrogens with one attached hydrogen (secondary N) is 2. The molecule has 4 nitrogen and oxygen atoms in total. The van der Waals surface area contributed by atoms with Crippen LogP contribution in [0.25, 0.3) is 0 Å². The Hall–Kier alpha value is -2.36. The van der Waals surface area contributed by atoms with Crippen molar-refractivity contribution >= 4 is 11.6 Å². The van der Waals surface area contributed by atoms with E-state index in [-0.39, 0.29) is 5.91 Å². The number of hydrogen-bond acceptors (Lipinski definition) is 3. The fraction of sp³-hybridized carbons (Fsp3) is 0.429. The van der Waals surface area contributed by atoms with E-state index in [1.165, 1.54) is 44.1 Å². The van der Waals surface area contributed by atoms with E-state index >= 15 is 0 Å². The van der Waals surface area contributed by atoms with Crippen LogP contribution < -0.4 is 10.6 Å². The highest BCUT2D eigenvalue weighted by molar-refractivity contribution is 5.92. The van der Waals surface area contributed by atoms with Crippen LogP contribution in [0.5, 0.6) is 0 Å². The molecule has 0 aliphatic heterocycles. The summed E-state index contributed by atoms with van der Waals surface area (Å²) < 4.78 is 0. The van der Waals surface area contributed by atoms with Gasteiger partial charge in [-0.3, -0.25) is 4.79 Å². The normalized spacial score (nSPS) is 15.4. The van der Waals surface area contributed by atoms with Gasteiger partial charge in [0.05, 0.1) is 11.9 Å². The maximum absolute atomic E-state index is 12.2. The zero-order chi connectivity index (χ0) is 17.5. The standard InChI is InChI=1S/C21H27N3O/c1-16-8-10-17(11-9-16)14-23-21(25)20-13-12-19(15-22-20)24-18-6-4-2-3-5-7-18/h8-13,15,18,24H,2-7,14H2,1H3,(H,23,25). The molecule has 2 aromatic rings. The quantitative estimate of drug-likeness (QED) is 0.792. The Bertz CT molecular complexity index is 671. The fourth-order valence-electron chi connectivity index (χ4n) is 3.25. The van der Waals surface area contributed by atoms with Gasteiger partial charge < -0.3 is 10.6 Å². The van der Waals surface area contributed by atoms with Gasteiger partial charge in [0.15, 0.2) is 0 Å². The van der Waals surface area contributed by atoms with Gasteiger partial charge in [-0.15, -0.1) is 0 Å². The van der Waals surface area contributed by atoms with Crippen molar-refractivity contribution in [2.24, 2.45) is 0 Å². The Morgan fingerprint density at radius 2 is 1.76 bits per heavy atom. The van der Waals surface area contributed by atoms with Gasteiger partial charge in [-0.25, -0.2) is 4.98 Å². The van der Waals surface area contributed by atoms with Gasteiger partial charge in [-0.1, -0.05) is 55.5 Å². The summed E-state index contributed by atoms with van der Waals surface area (Å²) in [4.78, 5) is 16.6. The van der Waals surface area contributed by atoms with Gasteiger partial charge in [0, 0.05) is 12.6 Å². The van der Waals surface area contributed by atoms with Crippen LogP contribution in [0.15, 0.2) is 42.6 Å². The van der Waals surface area contributed by atoms with Crippen LogP contribution >= 0.6 is 0 Å². The molecule has 1 fully saturated rings. The summed E-state index contributed by atoms with van der Waals surface area (Å²) >= 11 is 0. The van der Waals surface area contributed by atoms with Crippen molar-refractivity contribution in [3.05, 3.63) is 59.4 Å². The van der Waals surface area contributed by atoms with E-state index in [0.29, 0.717) is 18.3 Å². The second-order valence-electron chi connectivity index (χ2n) is 6.93. The number of rotatable bonds is 5. The van der Waals surface area contributed by atoms with Crippen molar-refractivity contribution < 1.29 is 4.79 Å². The smallest absolute Gasteiger partial charge is 0.270 e. The van der Waals surface area contributed by atoms with Crippen molar-refractivity contribution in [3.63, 3.8) is 0 Å². The molecule has 3 rings (SSSR count). The van der Waals surface area contributed by atoms with Crippen LogP contribution in [0.4, 0.5) is 5.69 Å². The molecule has 1 aromatic carbocycles. The van der Waals surface area contributed by atoms with Gasteiger partial charge in [0.25, 0.3) is 5.91 Å². The summed E-state index contributed by atoms with van der Waals surface area (Å²) in [6.45, 7) is 2.57. The Labute approximate surface area is 150 Å².